The predicted molar refractivity (Wildman–Crippen MR) is 51.4 cm³/mol. The zero-order chi connectivity index (χ0) is 10.0. The number of carbonyl (C=O) groups is 1. The highest BCUT2D eigenvalue weighted by molar-refractivity contribution is 7.98. The first-order chi connectivity index (χ1) is 6.06. The molecule has 0 bridgehead atoms. The second-order valence-corrected chi connectivity index (χ2v) is 3.69. The number of hydrogen-bond donors (Lipinski definition) is 1. The maximum atomic E-state index is 10.6. The van der Waals surface area contributed by atoms with Crippen LogP contribution in [-0.4, -0.2) is 26.9 Å². The second-order valence-electron chi connectivity index (χ2n) is 2.92. The van der Waals surface area contributed by atoms with E-state index in [9.17, 15) is 4.79 Å². The zero-order valence-electron chi connectivity index (χ0n) is 7.81. The third-order valence-corrected chi connectivity index (χ3v) is 2.32. The number of aromatic nitrogens is 2. The van der Waals surface area contributed by atoms with Gasteiger partial charge in [-0.05, 0) is 20.1 Å². The Morgan fingerprint density at radius 2 is 2.31 bits per heavy atom. The molecule has 0 atom stereocenters. The maximum absolute atomic E-state index is 10.6. The molecule has 4 nitrogen and oxygen atoms in total. The van der Waals surface area contributed by atoms with Gasteiger partial charge in [0.25, 0.3) is 0 Å². The van der Waals surface area contributed by atoms with Gasteiger partial charge in [-0.3, -0.25) is 0 Å². The van der Waals surface area contributed by atoms with Gasteiger partial charge in [0.1, 0.15) is 0 Å². The molecule has 0 unspecified atom stereocenters. The second kappa shape index (κ2) is 3.83. The average Bonchev–Trinajstić information content (AvgIpc) is 2.47. The standard InChI is InChI=1S/C8H12N2O2S/c1-5(2)10-4-6(7(11)12)9-8(10)13-3/h4-5H,1-3H3,(H,11,12). The van der Waals surface area contributed by atoms with E-state index in [4.69, 9.17) is 5.11 Å². The number of imidazole rings is 1. The molecule has 1 heterocycles. The highest BCUT2D eigenvalue weighted by Gasteiger charge is 2.13. The fourth-order valence-electron chi connectivity index (χ4n) is 1.00. The molecule has 0 radical (unpaired) electrons. The third-order valence-electron chi connectivity index (χ3n) is 1.66. The summed E-state index contributed by atoms with van der Waals surface area (Å²) >= 11 is 1.45. The Hall–Kier alpha value is -0.970. The Morgan fingerprint density at radius 1 is 1.69 bits per heavy atom. The lowest BCUT2D eigenvalue weighted by atomic mass is 10.4. The number of nitrogens with zero attached hydrogens (tertiary/aromatic N) is 2. The Kier molecular flexibility index (Phi) is 2.98. The molecule has 13 heavy (non-hydrogen) atoms. The molecule has 0 fully saturated rings. The highest BCUT2D eigenvalue weighted by Crippen LogP contribution is 2.19. The molecule has 0 saturated heterocycles. The van der Waals surface area contributed by atoms with Crippen LogP contribution in [0.2, 0.25) is 0 Å². The molecule has 1 rings (SSSR count). The Labute approximate surface area is 81.0 Å². The molecule has 72 valence electrons. The minimum absolute atomic E-state index is 0.109. The first-order valence-electron chi connectivity index (χ1n) is 3.92. The number of aromatic carboxylic acids is 1. The minimum Gasteiger partial charge on any atom is -0.476 e. The van der Waals surface area contributed by atoms with Gasteiger partial charge in [-0.15, -0.1) is 0 Å². The van der Waals surface area contributed by atoms with Crippen molar-refractivity contribution in [2.45, 2.75) is 25.0 Å². The fourth-order valence-corrected chi connectivity index (χ4v) is 1.66. The third kappa shape index (κ3) is 2.03. The first-order valence-corrected chi connectivity index (χ1v) is 5.15. The molecule has 1 aromatic rings. The van der Waals surface area contributed by atoms with Crippen LogP contribution in [0.3, 0.4) is 0 Å². The lowest BCUT2D eigenvalue weighted by Gasteiger charge is -2.08. The van der Waals surface area contributed by atoms with Crippen LogP contribution in [-0.2, 0) is 0 Å². The van der Waals surface area contributed by atoms with Gasteiger partial charge in [-0.25, -0.2) is 9.78 Å². The molecule has 0 spiro atoms. The topological polar surface area (TPSA) is 55.1 Å². The zero-order valence-corrected chi connectivity index (χ0v) is 8.63. The Balaban J connectivity index is 3.11. The van der Waals surface area contributed by atoms with Crippen LogP contribution in [0.25, 0.3) is 0 Å². The van der Waals surface area contributed by atoms with Crippen LogP contribution in [0.15, 0.2) is 11.4 Å². The van der Waals surface area contributed by atoms with Crippen LogP contribution >= 0.6 is 11.8 Å². The van der Waals surface area contributed by atoms with Gasteiger partial charge in [0.2, 0.25) is 0 Å². The van der Waals surface area contributed by atoms with Crippen LogP contribution in [0, 0.1) is 0 Å². The monoisotopic (exact) mass is 200 g/mol. The maximum Gasteiger partial charge on any atom is 0.356 e. The summed E-state index contributed by atoms with van der Waals surface area (Å²) in [7, 11) is 0. The van der Waals surface area contributed by atoms with Crippen molar-refractivity contribution in [3.63, 3.8) is 0 Å². The number of thioether (sulfide) groups is 1. The van der Waals surface area contributed by atoms with Crippen LogP contribution < -0.4 is 0 Å². The van der Waals surface area contributed by atoms with Gasteiger partial charge in [-0.2, -0.15) is 0 Å². The quantitative estimate of drug-likeness (QED) is 0.757. The number of carboxylic acids is 1. The van der Waals surface area contributed by atoms with E-state index >= 15 is 0 Å². The van der Waals surface area contributed by atoms with Crippen molar-refractivity contribution in [3.8, 4) is 0 Å². The molecular formula is C8H12N2O2S. The summed E-state index contributed by atoms with van der Waals surface area (Å²) < 4.78 is 1.86. The van der Waals surface area contributed by atoms with Crippen molar-refractivity contribution in [3.05, 3.63) is 11.9 Å². The fraction of sp³-hybridized carbons (Fsp3) is 0.500. The summed E-state index contributed by atoms with van der Waals surface area (Å²) in [5.74, 6) is -0.977. The summed E-state index contributed by atoms with van der Waals surface area (Å²) in [5.41, 5.74) is 0.109. The lowest BCUT2D eigenvalue weighted by molar-refractivity contribution is 0.0690. The molecular weight excluding hydrogens is 188 g/mol. The van der Waals surface area contributed by atoms with Crippen molar-refractivity contribution in [1.82, 2.24) is 9.55 Å². The van der Waals surface area contributed by atoms with Gasteiger partial charge in [0.05, 0.1) is 0 Å². The van der Waals surface area contributed by atoms with E-state index in [0.29, 0.717) is 0 Å². The van der Waals surface area contributed by atoms with Crippen molar-refractivity contribution in [1.29, 1.82) is 0 Å². The van der Waals surface area contributed by atoms with Crippen molar-refractivity contribution >= 4 is 17.7 Å². The summed E-state index contributed by atoms with van der Waals surface area (Å²) in [5, 5.41) is 9.46. The molecule has 0 aliphatic carbocycles. The van der Waals surface area contributed by atoms with E-state index in [0.717, 1.165) is 5.16 Å². The molecule has 0 aliphatic heterocycles. The number of rotatable bonds is 3. The largest absolute Gasteiger partial charge is 0.476 e. The molecule has 0 aromatic carbocycles. The van der Waals surface area contributed by atoms with Crippen LogP contribution in [0.4, 0.5) is 0 Å². The lowest BCUT2D eigenvalue weighted by Crippen LogP contribution is -2.00. The Bertz CT molecular complexity index is 320. The van der Waals surface area contributed by atoms with Crippen molar-refractivity contribution < 1.29 is 9.90 Å². The van der Waals surface area contributed by atoms with E-state index < -0.39 is 5.97 Å². The molecule has 1 N–H and O–H groups in total. The van der Waals surface area contributed by atoms with Gasteiger partial charge < -0.3 is 9.67 Å². The van der Waals surface area contributed by atoms with Gasteiger partial charge >= 0.3 is 5.97 Å². The van der Waals surface area contributed by atoms with Gasteiger partial charge in [-0.1, -0.05) is 11.8 Å². The molecule has 0 aliphatic rings. The smallest absolute Gasteiger partial charge is 0.356 e. The minimum atomic E-state index is -0.977. The van der Waals surface area contributed by atoms with E-state index in [1.54, 1.807) is 6.20 Å². The normalized spacial score (nSPS) is 10.8. The van der Waals surface area contributed by atoms with Gasteiger partial charge in [0, 0.05) is 12.2 Å². The van der Waals surface area contributed by atoms with Crippen LogP contribution in [0.5, 0.6) is 0 Å². The average molecular weight is 200 g/mol. The summed E-state index contributed by atoms with van der Waals surface area (Å²) in [4.78, 5) is 14.6. The first kappa shape index (κ1) is 10.1. The molecule has 0 saturated carbocycles. The SMILES string of the molecule is CSc1nc(C(=O)O)cn1C(C)C. The van der Waals surface area contributed by atoms with E-state index in [2.05, 4.69) is 4.98 Å². The highest BCUT2D eigenvalue weighted by atomic mass is 32.2. The van der Waals surface area contributed by atoms with Crippen LogP contribution in [0.1, 0.15) is 30.4 Å². The molecule has 1 aromatic heterocycles. The summed E-state index contributed by atoms with van der Waals surface area (Å²) in [6, 6.07) is 0.239. The number of hydrogen-bond acceptors (Lipinski definition) is 3. The summed E-state index contributed by atoms with van der Waals surface area (Å²) in [6.07, 6.45) is 3.45. The van der Waals surface area contributed by atoms with E-state index in [1.165, 1.54) is 11.8 Å². The number of carboxylic acid groups (broad SMARTS) is 1. The molecule has 0 amide bonds. The predicted octanol–water partition coefficient (Wildman–Crippen LogP) is 1.88. The van der Waals surface area contributed by atoms with Gasteiger partial charge in [0.15, 0.2) is 10.9 Å². The van der Waals surface area contributed by atoms with Crippen molar-refractivity contribution in [2.75, 3.05) is 6.26 Å². The van der Waals surface area contributed by atoms with Crippen molar-refractivity contribution in [2.24, 2.45) is 0 Å². The summed E-state index contributed by atoms with van der Waals surface area (Å²) in [6.45, 7) is 3.99. The molecule has 5 heteroatoms. The van der Waals surface area contributed by atoms with E-state index in [1.807, 2.05) is 24.7 Å². The Morgan fingerprint density at radius 3 is 2.62 bits per heavy atom. The van der Waals surface area contributed by atoms with E-state index in [-0.39, 0.29) is 11.7 Å².